The highest BCUT2D eigenvalue weighted by atomic mass is 19.1. The number of carbonyl (C=O) groups excluding carboxylic acids is 1. The molecule has 1 aliphatic rings. The summed E-state index contributed by atoms with van der Waals surface area (Å²) in [6, 6.07) is -0.180. The van der Waals surface area contributed by atoms with Gasteiger partial charge in [-0.25, -0.2) is 9.18 Å². The van der Waals surface area contributed by atoms with Gasteiger partial charge in [0.15, 0.2) is 0 Å². The summed E-state index contributed by atoms with van der Waals surface area (Å²) in [7, 11) is 1.55. The van der Waals surface area contributed by atoms with Gasteiger partial charge < -0.3 is 10.2 Å². The first kappa shape index (κ1) is 7.31. The Morgan fingerprint density at radius 1 is 1.80 bits per heavy atom. The molecule has 58 valence electrons. The predicted molar refractivity (Wildman–Crippen MR) is 35.5 cm³/mol. The van der Waals surface area contributed by atoms with Crippen LogP contribution in [0.2, 0.25) is 0 Å². The highest BCUT2D eigenvalue weighted by molar-refractivity contribution is 5.74. The second-order valence-electron chi connectivity index (χ2n) is 2.39. The molecule has 0 spiro atoms. The van der Waals surface area contributed by atoms with Gasteiger partial charge in [-0.15, -0.1) is 0 Å². The fourth-order valence-corrected chi connectivity index (χ4v) is 1.06. The van der Waals surface area contributed by atoms with Crippen molar-refractivity contribution >= 4 is 6.03 Å². The number of amides is 2. The van der Waals surface area contributed by atoms with E-state index in [4.69, 9.17) is 0 Å². The largest absolute Gasteiger partial charge is 0.341 e. The van der Waals surface area contributed by atoms with Crippen LogP contribution in [0.1, 0.15) is 6.42 Å². The molecule has 0 aromatic carbocycles. The Morgan fingerprint density at radius 2 is 2.50 bits per heavy atom. The summed E-state index contributed by atoms with van der Waals surface area (Å²) in [5.74, 6) is 0. The Hall–Kier alpha value is -0.800. The standard InChI is InChI=1S/C6H11FN2O/c1-8-6(10)9-3-2-5(7)4-9/h5H,2-4H2,1H3,(H,8,10)/t5-/m1/s1. The minimum atomic E-state index is -0.822. The van der Waals surface area contributed by atoms with Crippen LogP contribution in [0, 0.1) is 0 Å². The number of alkyl halides is 1. The molecule has 1 atom stereocenters. The minimum Gasteiger partial charge on any atom is -0.341 e. The van der Waals surface area contributed by atoms with Gasteiger partial charge in [0.2, 0.25) is 0 Å². The number of halogens is 1. The van der Waals surface area contributed by atoms with Crippen LogP contribution < -0.4 is 5.32 Å². The van der Waals surface area contributed by atoms with Crippen LogP contribution in [0.25, 0.3) is 0 Å². The number of likely N-dealkylation sites (tertiary alicyclic amines) is 1. The van der Waals surface area contributed by atoms with Crippen LogP contribution >= 0.6 is 0 Å². The molecule has 0 radical (unpaired) electrons. The lowest BCUT2D eigenvalue weighted by molar-refractivity contribution is 0.206. The minimum absolute atomic E-state index is 0.180. The van der Waals surface area contributed by atoms with E-state index in [9.17, 15) is 9.18 Å². The Balaban J connectivity index is 2.37. The van der Waals surface area contributed by atoms with E-state index in [-0.39, 0.29) is 12.6 Å². The Morgan fingerprint density at radius 3 is 2.90 bits per heavy atom. The predicted octanol–water partition coefficient (Wildman–Crippen LogP) is 0.370. The van der Waals surface area contributed by atoms with Gasteiger partial charge in [0, 0.05) is 13.6 Å². The highest BCUT2D eigenvalue weighted by Gasteiger charge is 2.24. The number of nitrogens with one attached hydrogen (secondary N) is 1. The van der Waals surface area contributed by atoms with Gasteiger partial charge in [0.25, 0.3) is 0 Å². The van der Waals surface area contributed by atoms with Crippen LogP contribution in [-0.2, 0) is 0 Å². The number of hydrogen-bond donors (Lipinski definition) is 1. The third-order valence-electron chi connectivity index (χ3n) is 1.63. The quantitative estimate of drug-likeness (QED) is 0.526. The molecule has 1 saturated heterocycles. The average molecular weight is 146 g/mol. The van der Waals surface area contributed by atoms with Gasteiger partial charge in [0.05, 0.1) is 6.54 Å². The van der Waals surface area contributed by atoms with Gasteiger partial charge >= 0.3 is 6.03 Å². The summed E-state index contributed by atoms with van der Waals surface area (Å²) in [6.07, 6.45) is -0.342. The van der Waals surface area contributed by atoms with Crippen molar-refractivity contribution in [2.45, 2.75) is 12.6 Å². The van der Waals surface area contributed by atoms with E-state index in [1.54, 1.807) is 7.05 Å². The highest BCUT2D eigenvalue weighted by Crippen LogP contribution is 2.11. The molecular formula is C6H11FN2O. The van der Waals surface area contributed by atoms with Crippen LogP contribution in [0.15, 0.2) is 0 Å². The van der Waals surface area contributed by atoms with E-state index in [0.717, 1.165) is 0 Å². The zero-order valence-corrected chi connectivity index (χ0v) is 5.93. The van der Waals surface area contributed by atoms with Gasteiger partial charge in [-0.05, 0) is 6.42 Å². The molecule has 10 heavy (non-hydrogen) atoms. The molecule has 4 heteroatoms. The third kappa shape index (κ3) is 1.37. The topological polar surface area (TPSA) is 32.3 Å². The maximum absolute atomic E-state index is 12.4. The average Bonchev–Trinajstić information content (AvgIpc) is 2.34. The normalized spacial score (nSPS) is 25.0. The van der Waals surface area contributed by atoms with Crippen molar-refractivity contribution in [3.63, 3.8) is 0 Å². The van der Waals surface area contributed by atoms with Crippen LogP contribution in [-0.4, -0.2) is 37.2 Å². The molecule has 1 N–H and O–H groups in total. The molecule has 0 bridgehead atoms. The van der Waals surface area contributed by atoms with Crippen molar-refractivity contribution in [2.75, 3.05) is 20.1 Å². The summed E-state index contributed by atoms with van der Waals surface area (Å²) in [4.78, 5) is 12.3. The molecule has 1 aliphatic heterocycles. The van der Waals surface area contributed by atoms with Gasteiger partial charge in [-0.2, -0.15) is 0 Å². The summed E-state index contributed by atoms with van der Waals surface area (Å²) >= 11 is 0. The lowest BCUT2D eigenvalue weighted by atomic mass is 10.3. The maximum Gasteiger partial charge on any atom is 0.317 e. The van der Waals surface area contributed by atoms with Crippen LogP contribution in [0.3, 0.4) is 0 Å². The molecular weight excluding hydrogens is 135 g/mol. The first-order valence-electron chi connectivity index (χ1n) is 3.34. The lowest BCUT2D eigenvalue weighted by Gasteiger charge is -2.13. The Kier molecular flexibility index (Phi) is 2.09. The number of rotatable bonds is 0. The van der Waals surface area contributed by atoms with Gasteiger partial charge in [-0.1, -0.05) is 0 Å². The van der Waals surface area contributed by atoms with E-state index >= 15 is 0 Å². The summed E-state index contributed by atoms with van der Waals surface area (Å²) < 4.78 is 12.4. The third-order valence-corrected chi connectivity index (χ3v) is 1.63. The number of hydrogen-bond acceptors (Lipinski definition) is 1. The number of nitrogens with zero attached hydrogens (tertiary/aromatic N) is 1. The zero-order chi connectivity index (χ0) is 7.56. The first-order valence-corrected chi connectivity index (χ1v) is 3.34. The van der Waals surface area contributed by atoms with Crippen molar-refractivity contribution in [2.24, 2.45) is 0 Å². The fraction of sp³-hybridized carbons (Fsp3) is 0.833. The van der Waals surface area contributed by atoms with Crippen molar-refractivity contribution < 1.29 is 9.18 Å². The molecule has 3 nitrogen and oxygen atoms in total. The molecule has 2 amide bonds. The van der Waals surface area contributed by atoms with E-state index in [1.807, 2.05) is 0 Å². The molecule has 0 aromatic heterocycles. The monoisotopic (exact) mass is 146 g/mol. The van der Waals surface area contributed by atoms with Crippen molar-refractivity contribution in [3.8, 4) is 0 Å². The van der Waals surface area contributed by atoms with E-state index in [0.29, 0.717) is 13.0 Å². The first-order chi connectivity index (χ1) is 4.74. The Labute approximate surface area is 59.2 Å². The molecule has 0 aromatic rings. The van der Waals surface area contributed by atoms with Crippen molar-refractivity contribution in [1.29, 1.82) is 0 Å². The smallest absolute Gasteiger partial charge is 0.317 e. The molecule has 0 saturated carbocycles. The van der Waals surface area contributed by atoms with Crippen molar-refractivity contribution in [3.05, 3.63) is 0 Å². The maximum atomic E-state index is 12.4. The van der Waals surface area contributed by atoms with E-state index < -0.39 is 6.17 Å². The van der Waals surface area contributed by atoms with E-state index in [2.05, 4.69) is 5.32 Å². The Bertz CT molecular complexity index is 140. The zero-order valence-electron chi connectivity index (χ0n) is 5.93. The van der Waals surface area contributed by atoms with Gasteiger partial charge in [0.1, 0.15) is 6.17 Å². The molecule has 1 heterocycles. The van der Waals surface area contributed by atoms with Crippen LogP contribution in [0.5, 0.6) is 0 Å². The second-order valence-corrected chi connectivity index (χ2v) is 2.39. The molecule has 0 aliphatic carbocycles. The summed E-state index contributed by atoms with van der Waals surface area (Å²) in [5.41, 5.74) is 0. The lowest BCUT2D eigenvalue weighted by Crippen LogP contribution is -2.36. The molecule has 1 fully saturated rings. The molecule has 1 rings (SSSR count). The molecule has 0 unspecified atom stereocenters. The number of carbonyl (C=O) groups is 1. The van der Waals surface area contributed by atoms with Crippen molar-refractivity contribution in [1.82, 2.24) is 10.2 Å². The summed E-state index contributed by atoms with van der Waals surface area (Å²) in [5, 5.41) is 2.45. The number of urea groups is 1. The summed E-state index contributed by atoms with van der Waals surface area (Å²) in [6.45, 7) is 0.792. The van der Waals surface area contributed by atoms with E-state index in [1.165, 1.54) is 4.90 Å². The fourth-order valence-electron chi connectivity index (χ4n) is 1.06. The van der Waals surface area contributed by atoms with Gasteiger partial charge in [-0.3, -0.25) is 0 Å². The van der Waals surface area contributed by atoms with Crippen LogP contribution in [0.4, 0.5) is 9.18 Å². The second kappa shape index (κ2) is 2.86. The SMILES string of the molecule is CNC(=O)N1CC[C@@H](F)C1.